The van der Waals surface area contributed by atoms with E-state index in [2.05, 4.69) is 0 Å². The summed E-state index contributed by atoms with van der Waals surface area (Å²) in [7, 11) is 0. The zero-order chi connectivity index (χ0) is 21.8. The molecular formula is C12H4F4N4O8. The molecule has 0 aromatic heterocycles. The minimum absolute atomic E-state index is 0.107. The molecule has 0 aliphatic carbocycles. The van der Waals surface area contributed by atoms with Crippen molar-refractivity contribution in [3.63, 3.8) is 0 Å². The maximum absolute atomic E-state index is 12.6. The Labute approximate surface area is 149 Å². The van der Waals surface area contributed by atoms with Gasteiger partial charge in [-0.25, -0.2) is 0 Å². The number of benzene rings is 2. The van der Waals surface area contributed by atoms with E-state index in [1.54, 1.807) is 0 Å². The summed E-state index contributed by atoms with van der Waals surface area (Å²) < 4.78 is 50.6. The van der Waals surface area contributed by atoms with Gasteiger partial charge in [-0.15, -0.1) is 0 Å². The van der Waals surface area contributed by atoms with E-state index in [9.17, 15) is 58.0 Å². The highest BCUT2D eigenvalue weighted by molar-refractivity contribution is 5.45. The van der Waals surface area contributed by atoms with Crippen LogP contribution in [0, 0.1) is 63.7 Å². The Morgan fingerprint density at radius 2 is 0.643 bits per heavy atom. The third-order valence-electron chi connectivity index (χ3n) is 2.82. The topological polar surface area (TPSA) is 173 Å². The van der Waals surface area contributed by atoms with Crippen molar-refractivity contribution in [1.29, 1.82) is 0 Å². The molecule has 0 unspecified atom stereocenters. The minimum atomic E-state index is -1.45. The Hall–Kier alpha value is -4.24. The molecule has 0 aliphatic rings. The summed E-state index contributed by atoms with van der Waals surface area (Å²) in [6.07, 6.45) is 0. The van der Waals surface area contributed by atoms with Crippen molar-refractivity contribution < 1.29 is 37.3 Å². The Kier molecular flexibility index (Phi) is 6.56. The van der Waals surface area contributed by atoms with Gasteiger partial charge in [0, 0.05) is 12.1 Å². The molecule has 0 heterocycles. The second-order valence-electron chi connectivity index (χ2n) is 4.54. The predicted molar refractivity (Wildman–Crippen MR) is 79.3 cm³/mol. The molecular weight excluding hydrogens is 404 g/mol. The molecule has 2 aromatic rings. The lowest BCUT2D eigenvalue weighted by molar-refractivity contribution is -0.397. The van der Waals surface area contributed by atoms with Gasteiger partial charge in [0.25, 0.3) is 0 Å². The highest BCUT2D eigenvalue weighted by atomic mass is 19.1. The van der Waals surface area contributed by atoms with E-state index >= 15 is 0 Å². The second kappa shape index (κ2) is 8.43. The number of nitro benzene ring substituents is 4. The second-order valence-corrected chi connectivity index (χ2v) is 4.54. The molecule has 28 heavy (non-hydrogen) atoms. The molecule has 0 amide bonds. The molecule has 0 fully saturated rings. The Balaban J connectivity index is 0.000000280. The van der Waals surface area contributed by atoms with Crippen LogP contribution in [0.25, 0.3) is 0 Å². The molecule has 2 rings (SSSR count). The average molecular weight is 408 g/mol. The molecule has 0 N–H and O–H groups in total. The summed E-state index contributed by atoms with van der Waals surface area (Å²) in [5.41, 5.74) is -4.51. The number of nitro groups is 4. The van der Waals surface area contributed by atoms with E-state index in [0.717, 1.165) is 0 Å². The number of hydrogen-bond acceptors (Lipinski definition) is 8. The molecule has 148 valence electrons. The van der Waals surface area contributed by atoms with E-state index in [-0.39, 0.29) is 24.3 Å². The molecule has 0 saturated carbocycles. The van der Waals surface area contributed by atoms with Crippen LogP contribution >= 0.6 is 0 Å². The predicted octanol–water partition coefficient (Wildman–Crippen LogP) is 3.56. The summed E-state index contributed by atoms with van der Waals surface area (Å²) in [6.45, 7) is 0. The Morgan fingerprint density at radius 1 is 0.464 bits per heavy atom. The number of hydrogen-bond donors (Lipinski definition) is 0. The molecule has 0 radical (unpaired) electrons. The molecule has 0 aliphatic heterocycles. The molecule has 0 atom stereocenters. The highest BCUT2D eigenvalue weighted by Crippen LogP contribution is 2.27. The fourth-order valence-electron chi connectivity index (χ4n) is 1.61. The van der Waals surface area contributed by atoms with Crippen LogP contribution in [0.2, 0.25) is 0 Å². The minimum Gasteiger partial charge on any atom is -0.258 e. The van der Waals surface area contributed by atoms with Gasteiger partial charge in [-0.05, 0) is 0 Å². The van der Waals surface area contributed by atoms with Crippen LogP contribution < -0.4 is 0 Å². The molecule has 0 spiro atoms. The molecule has 2 aromatic carbocycles. The van der Waals surface area contributed by atoms with Gasteiger partial charge in [-0.1, -0.05) is 0 Å². The first kappa shape index (κ1) is 21.8. The van der Waals surface area contributed by atoms with Crippen LogP contribution in [0.3, 0.4) is 0 Å². The molecule has 0 bridgehead atoms. The summed E-state index contributed by atoms with van der Waals surface area (Å²) in [5, 5.41) is 40.5. The van der Waals surface area contributed by atoms with Crippen LogP contribution in [0.1, 0.15) is 0 Å². The zero-order valence-corrected chi connectivity index (χ0v) is 12.9. The van der Waals surface area contributed by atoms with Gasteiger partial charge in [0.05, 0.1) is 19.7 Å². The lowest BCUT2D eigenvalue weighted by Gasteiger charge is -1.95. The van der Waals surface area contributed by atoms with Crippen molar-refractivity contribution in [3.05, 3.63) is 88.0 Å². The van der Waals surface area contributed by atoms with Crippen molar-refractivity contribution in [3.8, 4) is 0 Å². The van der Waals surface area contributed by atoms with E-state index < -0.39 is 65.7 Å². The standard InChI is InChI=1S/2C6H2F2N2O4/c2*7-3-1-4(8)6(10(13)14)2-5(3)9(11)12/h2*1-2H. The molecule has 0 saturated heterocycles. The maximum atomic E-state index is 12.6. The average Bonchev–Trinajstić information content (AvgIpc) is 2.53. The summed E-state index contributed by atoms with van der Waals surface area (Å²) in [4.78, 5) is 35.9. The van der Waals surface area contributed by atoms with Crippen LogP contribution in [-0.4, -0.2) is 19.7 Å². The summed E-state index contributed by atoms with van der Waals surface area (Å²) in [6, 6.07) is 0.696. The third kappa shape index (κ3) is 4.90. The van der Waals surface area contributed by atoms with Gasteiger partial charge < -0.3 is 0 Å². The van der Waals surface area contributed by atoms with Gasteiger partial charge in [-0.3, -0.25) is 40.5 Å². The Bertz CT molecular complexity index is 850. The van der Waals surface area contributed by atoms with E-state index in [4.69, 9.17) is 0 Å². The fourth-order valence-corrected chi connectivity index (χ4v) is 1.61. The summed E-state index contributed by atoms with van der Waals surface area (Å²) >= 11 is 0. The quantitative estimate of drug-likeness (QED) is 0.419. The van der Waals surface area contributed by atoms with Gasteiger partial charge in [0.1, 0.15) is 12.1 Å². The normalized spacial score (nSPS) is 9.86. The maximum Gasteiger partial charge on any atom is 0.311 e. The fraction of sp³-hybridized carbons (Fsp3) is 0. The van der Waals surface area contributed by atoms with E-state index in [1.165, 1.54) is 0 Å². The molecule has 16 heteroatoms. The van der Waals surface area contributed by atoms with Crippen molar-refractivity contribution >= 4 is 22.7 Å². The van der Waals surface area contributed by atoms with Gasteiger partial charge in [-0.2, -0.15) is 17.6 Å². The van der Waals surface area contributed by atoms with Gasteiger partial charge in [0.2, 0.25) is 23.3 Å². The van der Waals surface area contributed by atoms with Crippen LogP contribution in [0.15, 0.2) is 24.3 Å². The first-order valence-electron chi connectivity index (χ1n) is 6.42. The summed E-state index contributed by atoms with van der Waals surface area (Å²) in [5.74, 6) is -5.78. The van der Waals surface area contributed by atoms with Crippen molar-refractivity contribution in [1.82, 2.24) is 0 Å². The van der Waals surface area contributed by atoms with Gasteiger partial charge in [0.15, 0.2) is 0 Å². The lowest BCUT2D eigenvalue weighted by atomic mass is 10.2. The SMILES string of the molecule is O=[N+]([O-])c1cc([N+](=O)[O-])c(F)cc1F.O=[N+]([O-])c1cc([N+](=O)[O-])c(F)cc1F. The van der Waals surface area contributed by atoms with E-state index in [1.807, 2.05) is 0 Å². The van der Waals surface area contributed by atoms with Crippen LogP contribution in [-0.2, 0) is 0 Å². The first-order chi connectivity index (χ1) is 12.9. The zero-order valence-electron chi connectivity index (χ0n) is 12.9. The van der Waals surface area contributed by atoms with Crippen LogP contribution in [0.5, 0.6) is 0 Å². The largest absolute Gasteiger partial charge is 0.311 e. The van der Waals surface area contributed by atoms with E-state index in [0.29, 0.717) is 0 Å². The van der Waals surface area contributed by atoms with Crippen molar-refractivity contribution in [2.45, 2.75) is 0 Å². The lowest BCUT2D eigenvalue weighted by Crippen LogP contribution is -1.98. The highest BCUT2D eigenvalue weighted by Gasteiger charge is 2.25. The van der Waals surface area contributed by atoms with Gasteiger partial charge >= 0.3 is 22.7 Å². The Morgan fingerprint density at radius 3 is 0.786 bits per heavy atom. The number of rotatable bonds is 4. The van der Waals surface area contributed by atoms with Crippen molar-refractivity contribution in [2.75, 3.05) is 0 Å². The number of halogens is 4. The van der Waals surface area contributed by atoms with Crippen molar-refractivity contribution in [2.24, 2.45) is 0 Å². The smallest absolute Gasteiger partial charge is 0.258 e. The monoisotopic (exact) mass is 408 g/mol. The third-order valence-corrected chi connectivity index (χ3v) is 2.82. The van der Waals surface area contributed by atoms with Crippen LogP contribution in [0.4, 0.5) is 40.3 Å². The number of nitrogens with zero attached hydrogens (tertiary/aromatic N) is 4. The molecule has 12 nitrogen and oxygen atoms in total. The first-order valence-corrected chi connectivity index (χ1v) is 6.42.